The van der Waals surface area contributed by atoms with Gasteiger partial charge in [0, 0.05) is 39.5 Å². The highest BCUT2D eigenvalue weighted by Crippen LogP contribution is 2.06. The molecule has 0 rings (SSSR count). The van der Waals surface area contributed by atoms with Crippen LogP contribution in [-0.4, -0.2) is 47.8 Å². The van der Waals surface area contributed by atoms with E-state index in [1.54, 1.807) is 16.7 Å². The Balaban J connectivity index is 4.18. The zero-order valence-corrected chi connectivity index (χ0v) is 12.5. The van der Waals surface area contributed by atoms with Gasteiger partial charge in [0.15, 0.2) is 0 Å². The number of amides is 2. The standard InChI is InChI=1S/C14H28N2O2/c1-6-8-10-15(5)14(18)9-11-16(13(4)17)12(3)7-2/h12H,6-11H2,1-5H3. The molecule has 0 aromatic carbocycles. The molecule has 0 aromatic rings. The average molecular weight is 256 g/mol. The molecule has 0 aliphatic heterocycles. The molecular weight excluding hydrogens is 228 g/mol. The zero-order chi connectivity index (χ0) is 14.1. The predicted molar refractivity (Wildman–Crippen MR) is 74.3 cm³/mol. The van der Waals surface area contributed by atoms with Gasteiger partial charge in [-0.1, -0.05) is 20.3 Å². The fourth-order valence-electron chi connectivity index (χ4n) is 1.84. The lowest BCUT2D eigenvalue weighted by Crippen LogP contribution is -2.40. The number of rotatable bonds is 8. The molecule has 0 heterocycles. The van der Waals surface area contributed by atoms with Crippen LogP contribution in [0.3, 0.4) is 0 Å². The van der Waals surface area contributed by atoms with Crippen molar-refractivity contribution in [3.8, 4) is 0 Å². The Bertz CT molecular complexity index is 267. The molecule has 0 saturated heterocycles. The lowest BCUT2D eigenvalue weighted by Gasteiger charge is -2.28. The third-order valence-electron chi connectivity index (χ3n) is 3.37. The quantitative estimate of drug-likeness (QED) is 0.668. The molecular formula is C14H28N2O2. The van der Waals surface area contributed by atoms with Crippen molar-refractivity contribution in [1.82, 2.24) is 9.80 Å². The van der Waals surface area contributed by atoms with Gasteiger partial charge in [0.2, 0.25) is 11.8 Å². The number of nitrogens with zero attached hydrogens (tertiary/aromatic N) is 2. The summed E-state index contributed by atoms with van der Waals surface area (Å²) in [7, 11) is 1.83. The Morgan fingerprint density at radius 2 is 1.78 bits per heavy atom. The molecule has 1 unspecified atom stereocenters. The SMILES string of the molecule is CCCCN(C)C(=O)CCN(C(C)=O)C(C)CC. The van der Waals surface area contributed by atoms with Crippen molar-refractivity contribution in [3.63, 3.8) is 0 Å². The van der Waals surface area contributed by atoms with Gasteiger partial charge in [-0.05, 0) is 19.8 Å². The normalized spacial score (nSPS) is 12.1. The average Bonchev–Trinajstić information content (AvgIpc) is 2.34. The van der Waals surface area contributed by atoms with Crippen LogP contribution >= 0.6 is 0 Å². The first kappa shape index (κ1) is 16.9. The topological polar surface area (TPSA) is 40.6 Å². The Morgan fingerprint density at radius 3 is 2.22 bits per heavy atom. The third-order valence-corrected chi connectivity index (χ3v) is 3.37. The second kappa shape index (κ2) is 8.95. The van der Waals surface area contributed by atoms with E-state index in [4.69, 9.17) is 0 Å². The van der Waals surface area contributed by atoms with Gasteiger partial charge in [-0.2, -0.15) is 0 Å². The third kappa shape index (κ3) is 6.03. The monoisotopic (exact) mass is 256 g/mol. The largest absolute Gasteiger partial charge is 0.346 e. The van der Waals surface area contributed by atoms with Crippen LogP contribution in [0.5, 0.6) is 0 Å². The second-order valence-electron chi connectivity index (χ2n) is 4.89. The molecule has 0 saturated carbocycles. The Morgan fingerprint density at radius 1 is 1.17 bits per heavy atom. The smallest absolute Gasteiger partial charge is 0.224 e. The summed E-state index contributed by atoms with van der Waals surface area (Å²) < 4.78 is 0. The molecule has 106 valence electrons. The van der Waals surface area contributed by atoms with Crippen molar-refractivity contribution in [1.29, 1.82) is 0 Å². The van der Waals surface area contributed by atoms with Gasteiger partial charge < -0.3 is 9.80 Å². The van der Waals surface area contributed by atoms with Crippen molar-refractivity contribution in [2.45, 2.75) is 59.4 Å². The summed E-state index contributed by atoms with van der Waals surface area (Å²) in [5.41, 5.74) is 0. The number of unbranched alkanes of at least 4 members (excludes halogenated alkanes) is 1. The molecule has 1 atom stereocenters. The minimum absolute atomic E-state index is 0.0494. The van der Waals surface area contributed by atoms with Crippen LogP contribution in [0, 0.1) is 0 Å². The van der Waals surface area contributed by atoms with Gasteiger partial charge >= 0.3 is 0 Å². The van der Waals surface area contributed by atoms with Crippen molar-refractivity contribution >= 4 is 11.8 Å². The summed E-state index contributed by atoms with van der Waals surface area (Å²) in [6.45, 7) is 9.08. The fourth-order valence-corrected chi connectivity index (χ4v) is 1.84. The minimum atomic E-state index is 0.0494. The van der Waals surface area contributed by atoms with E-state index in [0.29, 0.717) is 13.0 Å². The maximum atomic E-state index is 11.9. The van der Waals surface area contributed by atoms with Gasteiger partial charge in [0.05, 0.1) is 0 Å². The summed E-state index contributed by atoms with van der Waals surface area (Å²) >= 11 is 0. The van der Waals surface area contributed by atoms with E-state index in [2.05, 4.69) is 13.8 Å². The van der Waals surface area contributed by atoms with Crippen LogP contribution in [0.1, 0.15) is 53.4 Å². The van der Waals surface area contributed by atoms with Crippen LogP contribution in [0.2, 0.25) is 0 Å². The van der Waals surface area contributed by atoms with E-state index in [0.717, 1.165) is 25.8 Å². The van der Waals surface area contributed by atoms with Crippen molar-refractivity contribution in [3.05, 3.63) is 0 Å². The number of hydrogen-bond donors (Lipinski definition) is 0. The summed E-state index contributed by atoms with van der Waals surface area (Å²) in [6.07, 6.45) is 3.46. The lowest BCUT2D eigenvalue weighted by molar-refractivity contribution is -0.133. The molecule has 2 amide bonds. The molecule has 0 fully saturated rings. The second-order valence-corrected chi connectivity index (χ2v) is 4.89. The fraction of sp³-hybridized carbons (Fsp3) is 0.857. The van der Waals surface area contributed by atoms with Gasteiger partial charge in [-0.15, -0.1) is 0 Å². The molecule has 0 aliphatic carbocycles. The van der Waals surface area contributed by atoms with Crippen LogP contribution in [0.4, 0.5) is 0 Å². The van der Waals surface area contributed by atoms with Crippen LogP contribution in [0.25, 0.3) is 0 Å². The van der Waals surface area contributed by atoms with E-state index < -0.39 is 0 Å². The number of carbonyl (C=O) groups is 2. The first-order valence-corrected chi connectivity index (χ1v) is 6.95. The van der Waals surface area contributed by atoms with Gasteiger partial charge in [0.25, 0.3) is 0 Å². The van der Waals surface area contributed by atoms with Crippen molar-refractivity contribution in [2.75, 3.05) is 20.1 Å². The molecule has 4 nitrogen and oxygen atoms in total. The Hall–Kier alpha value is -1.06. The molecule has 0 aliphatic rings. The summed E-state index contributed by atoms with van der Waals surface area (Å²) in [6, 6.07) is 0.205. The molecule has 0 bridgehead atoms. The zero-order valence-electron chi connectivity index (χ0n) is 12.5. The van der Waals surface area contributed by atoms with E-state index in [1.165, 1.54) is 0 Å². The highest BCUT2D eigenvalue weighted by Gasteiger charge is 2.17. The summed E-state index contributed by atoms with van der Waals surface area (Å²) in [5, 5.41) is 0. The van der Waals surface area contributed by atoms with Gasteiger partial charge in [0.1, 0.15) is 0 Å². The van der Waals surface area contributed by atoms with E-state index in [9.17, 15) is 9.59 Å². The van der Waals surface area contributed by atoms with Crippen LogP contribution in [0.15, 0.2) is 0 Å². The molecule has 0 spiro atoms. The van der Waals surface area contributed by atoms with Crippen LogP contribution in [-0.2, 0) is 9.59 Å². The lowest BCUT2D eigenvalue weighted by atomic mass is 10.2. The minimum Gasteiger partial charge on any atom is -0.346 e. The molecule has 18 heavy (non-hydrogen) atoms. The van der Waals surface area contributed by atoms with Crippen LogP contribution < -0.4 is 0 Å². The maximum absolute atomic E-state index is 11.9. The first-order valence-electron chi connectivity index (χ1n) is 6.95. The number of carbonyl (C=O) groups excluding carboxylic acids is 2. The highest BCUT2D eigenvalue weighted by molar-refractivity contribution is 5.78. The molecule has 0 N–H and O–H groups in total. The summed E-state index contributed by atoms with van der Waals surface area (Å²) in [5.74, 6) is 0.173. The van der Waals surface area contributed by atoms with Crippen molar-refractivity contribution < 1.29 is 9.59 Å². The Kier molecular flexibility index (Phi) is 8.42. The maximum Gasteiger partial charge on any atom is 0.224 e. The molecule has 4 heteroatoms. The van der Waals surface area contributed by atoms with Gasteiger partial charge in [-0.25, -0.2) is 0 Å². The number of hydrogen-bond acceptors (Lipinski definition) is 2. The van der Waals surface area contributed by atoms with E-state index >= 15 is 0 Å². The van der Waals surface area contributed by atoms with E-state index in [1.807, 2.05) is 14.0 Å². The first-order chi connectivity index (χ1) is 8.43. The van der Waals surface area contributed by atoms with Gasteiger partial charge in [-0.3, -0.25) is 9.59 Å². The summed E-state index contributed by atoms with van der Waals surface area (Å²) in [4.78, 5) is 26.9. The molecule has 0 aromatic heterocycles. The predicted octanol–water partition coefficient (Wildman–Crippen LogP) is 2.28. The highest BCUT2D eigenvalue weighted by atomic mass is 16.2. The van der Waals surface area contributed by atoms with Crippen molar-refractivity contribution in [2.24, 2.45) is 0 Å². The Labute approximate surface area is 111 Å². The van der Waals surface area contributed by atoms with E-state index in [-0.39, 0.29) is 17.9 Å². The molecule has 0 radical (unpaired) electrons.